The van der Waals surface area contributed by atoms with E-state index in [4.69, 9.17) is 0 Å². The minimum Gasteiger partial charge on any atom is -0.357 e. The molecule has 6 heteroatoms. The minimum absolute atomic E-state index is 0.392. The summed E-state index contributed by atoms with van der Waals surface area (Å²) in [6.07, 6.45) is 5.51. The molecule has 104 valence electrons. The number of nitrogens with one attached hydrogen (secondary N) is 1. The average molecular weight is 287 g/mol. The van der Waals surface area contributed by atoms with E-state index in [1.807, 2.05) is 29.0 Å². The van der Waals surface area contributed by atoms with Crippen LogP contribution in [0.2, 0.25) is 0 Å². The molecule has 0 aliphatic heterocycles. The van der Waals surface area contributed by atoms with Gasteiger partial charge in [-0.2, -0.15) is 0 Å². The van der Waals surface area contributed by atoms with Crippen molar-refractivity contribution < 1.29 is 0 Å². The third kappa shape index (κ3) is 2.51. The number of pyridine rings is 1. The first-order chi connectivity index (χ1) is 9.63. The van der Waals surface area contributed by atoms with Crippen LogP contribution in [0.15, 0.2) is 30.7 Å². The maximum Gasteiger partial charge on any atom is 0.214 e. The summed E-state index contributed by atoms with van der Waals surface area (Å²) in [6, 6.07) is 4.30. The van der Waals surface area contributed by atoms with E-state index in [1.54, 1.807) is 17.5 Å². The van der Waals surface area contributed by atoms with Crippen molar-refractivity contribution >= 4 is 21.4 Å². The topological polar surface area (TPSA) is 55.1 Å². The highest BCUT2D eigenvalue weighted by Crippen LogP contribution is 2.24. The molecule has 5 nitrogen and oxygen atoms in total. The van der Waals surface area contributed by atoms with Gasteiger partial charge in [0.25, 0.3) is 0 Å². The zero-order valence-electron chi connectivity index (χ0n) is 11.7. The molecule has 0 spiro atoms. The van der Waals surface area contributed by atoms with Gasteiger partial charge in [0.15, 0.2) is 0 Å². The number of aromatic nitrogens is 4. The van der Waals surface area contributed by atoms with E-state index in [1.165, 1.54) is 0 Å². The summed E-state index contributed by atoms with van der Waals surface area (Å²) < 4.78 is 1.82. The second kappa shape index (κ2) is 5.20. The molecule has 0 amide bonds. The van der Waals surface area contributed by atoms with Crippen LogP contribution in [0.4, 0.5) is 5.13 Å². The van der Waals surface area contributed by atoms with Gasteiger partial charge in [0.2, 0.25) is 10.1 Å². The Morgan fingerprint density at radius 1 is 1.30 bits per heavy atom. The van der Waals surface area contributed by atoms with Crippen LogP contribution in [0.5, 0.6) is 0 Å². The third-order valence-corrected chi connectivity index (χ3v) is 4.21. The average Bonchev–Trinajstić information content (AvgIpc) is 2.97. The molecule has 20 heavy (non-hydrogen) atoms. The Hall–Kier alpha value is -1.95. The number of hydrogen-bond donors (Lipinski definition) is 1. The highest BCUT2D eigenvalue weighted by Gasteiger charge is 2.12. The lowest BCUT2D eigenvalue weighted by atomic mass is 10.1. The monoisotopic (exact) mass is 287 g/mol. The van der Waals surface area contributed by atoms with Gasteiger partial charge in [-0.3, -0.25) is 4.98 Å². The number of anilines is 1. The van der Waals surface area contributed by atoms with Gasteiger partial charge in [-0.25, -0.2) is 9.50 Å². The molecular weight excluding hydrogens is 270 g/mol. The number of rotatable bonds is 4. The normalized spacial score (nSPS) is 13.0. The Balaban J connectivity index is 1.86. The maximum absolute atomic E-state index is 4.59. The molecule has 0 aliphatic carbocycles. The Morgan fingerprint density at radius 2 is 2.15 bits per heavy atom. The van der Waals surface area contributed by atoms with Crippen LogP contribution < -0.4 is 5.32 Å². The number of imidazole rings is 1. The molecule has 1 N–H and O–H groups in total. The van der Waals surface area contributed by atoms with Gasteiger partial charge in [-0.05, 0) is 25.0 Å². The number of hydrogen-bond acceptors (Lipinski definition) is 5. The van der Waals surface area contributed by atoms with Crippen molar-refractivity contribution in [3.8, 4) is 11.3 Å². The molecule has 3 heterocycles. The lowest BCUT2D eigenvalue weighted by molar-refractivity contribution is 0.559. The molecule has 0 radical (unpaired) electrons. The van der Waals surface area contributed by atoms with E-state index in [0.29, 0.717) is 12.0 Å². The van der Waals surface area contributed by atoms with Crippen molar-refractivity contribution in [3.63, 3.8) is 0 Å². The molecule has 3 aromatic rings. The highest BCUT2D eigenvalue weighted by molar-refractivity contribution is 7.20. The van der Waals surface area contributed by atoms with E-state index in [9.17, 15) is 0 Å². The Kier molecular flexibility index (Phi) is 3.40. The second-order valence-electron chi connectivity index (χ2n) is 5.18. The Bertz CT molecular complexity index is 669. The van der Waals surface area contributed by atoms with Gasteiger partial charge in [-0.15, -0.1) is 5.10 Å². The van der Waals surface area contributed by atoms with Crippen molar-refractivity contribution in [2.24, 2.45) is 5.92 Å². The van der Waals surface area contributed by atoms with Gasteiger partial charge in [0.1, 0.15) is 0 Å². The number of fused-ring (bicyclic) bond motifs is 1. The Labute approximate surface area is 121 Å². The fraction of sp³-hybridized carbons (Fsp3) is 0.357. The van der Waals surface area contributed by atoms with Crippen molar-refractivity contribution in [1.82, 2.24) is 19.6 Å². The largest absolute Gasteiger partial charge is 0.357 e. The van der Waals surface area contributed by atoms with Crippen LogP contribution in [0.1, 0.15) is 20.8 Å². The van der Waals surface area contributed by atoms with Crippen LogP contribution in [0.25, 0.3) is 16.2 Å². The standard InChI is InChI=1S/C14H17N5S/c1-9(2)10(3)16-13-18-19-8-12(17-14(19)20-13)11-5-4-6-15-7-11/h4-10H,1-3H3,(H,16,18). The molecule has 0 saturated carbocycles. The van der Waals surface area contributed by atoms with Crippen LogP contribution in [-0.2, 0) is 0 Å². The summed E-state index contributed by atoms with van der Waals surface area (Å²) in [7, 11) is 0. The lowest BCUT2D eigenvalue weighted by Crippen LogP contribution is -2.21. The minimum atomic E-state index is 0.392. The third-order valence-electron chi connectivity index (χ3n) is 3.35. The van der Waals surface area contributed by atoms with Gasteiger partial charge < -0.3 is 5.32 Å². The molecule has 0 saturated heterocycles. The summed E-state index contributed by atoms with van der Waals surface area (Å²) in [4.78, 5) is 9.60. The first kappa shape index (κ1) is 13.1. The van der Waals surface area contributed by atoms with Gasteiger partial charge in [0.05, 0.1) is 11.9 Å². The first-order valence-electron chi connectivity index (χ1n) is 6.66. The van der Waals surface area contributed by atoms with E-state index in [2.05, 4.69) is 41.2 Å². The summed E-state index contributed by atoms with van der Waals surface area (Å²) in [5, 5.41) is 8.84. The molecule has 0 aromatic carbocycles. The van der Waals surface area contributed by atoms with E-state index >= 15 is 0 Å². The molecule has 0 aliphatic rings. The van der Waals surface area contributed by atoms with Gasteiger partial charge >= 0.3 is 0 Å². The van der Waals surface area contributed by atoms with Crippen molar-refractivity contribution in [1.29, 1.82) is 0 Å². The van der Waals surface area contributed by atoms with E-state index in [-0.39, 0.29) is 0 Å². The molecule has 0 fully saturated rings. The smallest absolute Gasteiger partial charge is 0.214 e. The van der Waals surface area contributed by atoms with Crippen LogP contribution in [0, 0.1) is 5.92 Å². The molecular formula is C14H17N5S. The van der Waals surface area contributed by atoms with Crippen molar-refractivity contribution in [3.05, 3.63) is 30.7 Å². The van der Waals surface area contributed by atoms with Crippen LogP contribution >= 0.6 is 11.3 Å². The summed E-state index contributed by atoms with van der Waals surface area (Å²) in [6.45, 7) is 6.55. The van der Waals surface area contributed by atoms with E-state index < -0.39 is 0 Å². The predicted octanol–water partition coefficient (Wildman–Crippen LogP) is 3.31. The lowest BCUT2D eigenvalue weighted by Gasteiger charge is -2.15. The zero-order chi connectivity index (χ0) is 14.1. The van der Waals surface area contributed by atoms with Crippen molar-refractivity contribution in [2.75, 3.05) is 5.32 Å². The maximum atomic E-state index is 4.59. The summed E-state index contributed by atoms with van der Waals surface area (Å²) in [5.41, 5.74) is 1.91. The zero-order valence-corrected chi connectivity index (χ0v) is 12.6. The molecule has 1 unspecified atom stereocenters. The number of nitrogens with zero attached hydrogens (tertiary/aromatic N) is 4. The van der Waals surface area contributed by atoms with Crippen molar-refractivity contribution in [2.45, 2.75) is 26.8 Å². The highest BCUT2D eigenvalue weighted by atomic mass is 32.1. The van der Waals surface area contributed by atoms with E-state index in [0.717, 1.165) is 21.3 Å². The van der Waals surface area contributed by atoms with Crippen LogP contribution in [-0.4, -0.2) is 25.6 Å². The predicted molar refractivity (Wildman–Crippen MR) is 82.0 cm³/mol. The SMILES string of the molecule is CC(C)C(C)Nc1nn2cc(-c3cccnc3)nc2s1. The molecule has 3 rings (SSSR count). The molecule has 3 aromatic heterocycles. The van der Waals surface area contributed by atoms with Crippen LogP contribution in [0.3, 0.4) is 0 Å². The summed E-state index contributed by atoms with van der Waals surface area (Å²) >= 11 is 1.57. The fourth-order valence-electron chi connectivity index (χ4n) is 1.77. The first-order valence-corrected chi connectivity index (χ1v) is 7.48. The fourth-order valence-corrected chi connectivity index (χ4v) is 2.65. The van der Waals surface area contributed by atoms with Gasteiger partial charge in [0, 0.05) is 24.0 Å². The second-order valence-corrected chi connectivity index (χ2v) is 6.14. The summed E-state index contributed by atoms with van der Waals surface area (Å²) in [5.74, 6) is 0.567. The molecule has 1 atom stereocenters. The van der Waals surface area contributed by atoms with Gasteiger partial charge in [-0.1, -0.05) is 25.2 Å². The Morgan fingerprint density at radius 3 is 2.80 bits per heavy atom. The molecule has 0 bridgehead atoms. The quantitative estimate of drug-likeness (QED) is 0.800.